The minimum atomic E-state index is -3.19. The number of rotatable bonds is 8. The van der Waals surface area contributed by atoms with Crippen LogP contribution in [0.4, 0.5) is 0 Å². The second kappa shape index (κ2) is 7.19. The van der Waals surface area contributed by atoms with Crippen LogP contribution in [0.25, 0.3) is 0 Å². The third-order valence-electron chi connectivity index (χ3n) is 2.85. The summed E-state index contributed by atoms with van der Waals surface area (Å²) < 4.78 is 48.3. The molecule has 0 radical (unpaired) electrons. The van der Waals surface area contributed by atoms with Crippen molar-refractivity contribution in [3.05, 3.63) is 29.8 Å². The van der Waals surface area contributed by atoms with Crippen LogP contribution in [0.3, 0.4) is 0 Å². The van der Waals surface area contributed by atoms with Crippen molar-refractivity contribution >= 4 is 19.9 Å². The molecule has 0 aliphatic carbocycles. The second-order valence-electron chi connectivity index (χ2n) is 4.73. The minimum Gasteiger partial charge on any atom is -0.224 e. The smallest absolute Gasteiger partial charge is 0.211 e. The molecule has 1 aromatic carbocycles. The normalized spacial score (nSPS) is 12.5. The Kier molecular flexibility index (Phi) is 6.16. The fourth-order valence-electron chi connectivity index (χ4n) is 1.66. The zero-order valence-corrected chi connectivity index (χ0v) is 13.4. The van der Waals surface area contributed by atoms with Gasteiger partial charge in [0.05, 0.1) is 10.6 Å². The Morgan fingerprint density at radius 1 is 1.05 bits per heavy atom. The van der Waals surface area contributed by atoms with E-state index in [-0.39, 0.29) is 10.6 Å². The van der Waals surface area contributed by atoms with E-state index in [1.54, 1.807) is 12.1 Å². The molecular weight excluding hydrogens is 298 g/mol. The van der Waals surface area contributed by atoms with Crippen LogP contribution in [0.2, 0.25) is 0 Å². The predicted octanol–water partition coefficient (Wildman–Crippen LogP) is 1.35. The van der Waals surface area contributed by atoms with Gasteiger partial charge in [-0.3, -0.25) is 0 Å². The topological polar surface area (TPSA) is 80.3 Å². The summed E-state index contributed by atoms with van der Waals surface area (Å²) in [7, 11) is -6.38. The van der Waals surface area contributed by atoms with E-state index in [1.165, 1.54) is 12.1 Å². The number of hydrogen-bond donors (Lipinski definition) is 1. The lowest BCUT2D eigenvalue weighted by Crippen LogP contribution is -2.28. The average Bonchev–Trinajstić information content (AvgIpc) is 2.36. The van der Waals surface area contributed by atoms with Crippen molar-refractivity contribution in [2.45, 2.75) is 31.1 Å². The van der Waals surface area contributed by atoms with Gasteiger partial charge in [0.15, 0.2) is 9.84 Å². The summed E-state index contributed by atoms with van der Waals surface area (Å²) in [5, 5.41) is 0. The van der Waals surface area contributed by atoms with Gasteiger partial charge in [0, 0.05) is 12.8 Å². The van der Waals surface area contributed by atoms with Crippen molar-refractivity contribution in [3.8, 4) is 0 Å². The van der Waals surface area contributed by atoms with Crippen LogP contribution in [-0.2, 0) is 26.3 Å². The predicted molar refractivity (Wildman–Crippen MR) is 80.0 cm³/mol. The van der Waals surface area contributed by atoms with Crippen LogP contribution in [0.15, 0.2) is 29.2 Å². The Morgan fingerprint density at radius 2 is 1.65 bits per heavy atom. The minimum absolute atomic E-state index is 0.149. The molecule has 0 saturated heterocycles. The summed E-state index contributed by atoms with van der Waals surface area (Å²) in [6.45, 7) is 2.27. The summed E-state index contributed by atoms with van der Waals surface area (Å²) in [4.78, 5) is 0.268. The number of sulfonamides is 1. The Hall–Kier alpha value is -0.920. The van der Waals surface area contributed by atoms with E-state index >= 15 is 0 Å². The molecule has 0 aliphatic rings. The molecule has 7 heteroatoms. The molecule has 0 amide bonds. The van der Waals surface area contributed by atoms with Crippen molar-refractivity contribution in [1.29, 1.82) is 0 Å². The number of nitrogens with one attached hydrogen (secondary N) is 1. The number of benzene rings is 1. The van der Waals surface area contributed by atoms with Crippen LogP contribution < -0.4 is 4.72 Å². The zero-order chi connectivity index (χ0) is 15.2. The van der Waals surface area contributed by atoms with Gasteiger partial charge in [-0.1, -0.05) is 25.5 Å². The van der Waals surface area contributed by atoms with Gasteiger partial charge in [0.1, 0.15) is 0 Å². The molecule has 0 bridgehead atoms. The molecule has 1 rings (SSSR count). The molecular formula is C13H21NO4S2. The first-order chi connectivity index (χ1) is 9.24. The highest BCUT2D eigenvalue weighted by molar-refractivity contribution is 7.90. The molecule has 20 heavy (non-hydrogen) atoms. The lowest BCUT2D eigenvalue weighted by molar-refractivity contribution is 0.578. The molecule has 0 heterocycles. The molecule has 0 saturated carbocycles. The van der Waals surface area contributed by atoms with Gasteiger partial charge in [-0.15, -0.1) is 0 Å². The van der Waals surface area contributed by atoms with Gasteiger partial charge in [-0.25, -0.2) is 21.6 Å². The van der Waals surface area contributed by atoms with Crippen molar-refractivity contribution in [2.24, 2.45) is 0 Å². The molecule has 1 N–H and O–H groups in total. The number of sulfone groups is 1. The van der Waals surface area contributed by atoms with Crippen molar-refractivity contribution < 1.29 is 16.8 Å². The maximum atomic E-state index is 11.6. The molecule has 1 aromatic rings. The van der Waals surface area contributed by atoms with Crippen LogP contribution in [0.5, 0.6) is 0 Å². The van der Waals surface area contributed by atoms with Gasteiger partial charge in [0.2, 0.25) is 10.0 Å². The maximum absolute atomic E-state index is 11.6. The lowest BCUT2D eigenvalue weighted by Gasteiger charge is -2.06. The fraction of sp³-hybridized carbons (Fsp3) is 0.538. The Balaban J connectivity index is 2.51. The summed E-state index contributed by atoms with van der Waals surface area (Å²) in [6, 6.07) is 6.49. The van der Waals surface area contributed by atoms with Gasteiger partial charge in [-0.2, -0.15) is 0 Å². The fourth-order valence-corrected chi connectivity index (χ4v) is 3.52. The molecule has 114 valence electrons. The van der Waals surface area contributed by atoms with Crippen molar-refractivity contribution in [2.75, 3.05) is 18.6 Å². The largest absolute Gasteiger partial charge is 0.224 e. The summed E-state index contributed by atoms with van der Waals surface area (Å²) >= 11 is 0. The molecule has 0 fully saturated rings. The standard InChI is InChI=1S/C13H21NO4S2/c1-3-4-11-20(17,18)14-10-9-12-5-7-13(8-6-12)19(2,15)16/h5-8,14H,3-4,9-11H2,1-2H3. The molecule has 0 aromatic heterocycles. The van der Waals surface area contributed by atoms with Gasteiger partial charge >= 0.3 is 0 Å². The average molecular weight is 319 g/mol. The van der Waals surface area contributed by atoms with E-state index in [1.807, 2.05) is 6.92 Å². The third kappa shape index (κ3) is 6.02. The highest BCUT2D eigenvalue weighted by Gasteiger charge is 2.09. The molecule has 5 nitrogen and oxygen atoms in total. The van der Waals surface area contributed by atoms with E-state index < -0.39 is 19.9 Å². The van der Waals surface area contributed by atoms with E-state index in [2.05, 4.69) is 4.72 Å². The maximum Gasteiger partial charge on any atom is 0.211 e. The van der Waals surface area contributed by atoms with Crippen LogP contribution in [0, 0.1) is 0 Å². The SMILES string of the molecule is CCCCS(=O)(=O)NCCc1ccc(S(C)(=O)=O)cc1. The monoisotopic (exact) mass is 319 g/mol. The molecule has 0 unspecified atom stereocenters. The molecule has 0 atom stereocenters. The molecule has 0 spiro atoms. The van der Waals surface area contributed by atoms with Gasteiger partial charge in [0.25, 0.3) is 0 Å². The van der Waals surface area contributed by atoms with Crippen LogP contribution in [-0.4, -0.2) is 35.4 Å². The first kappa shape index (κ1) is 17.1. The zero-order valence-electron chi connectivity index (χ0n) is 11.8. The van der Waals surface area contributed by atoms with E-state index in [9.17, 15) is 16.8 Å². The first-order valence-corrected chi connectivity index (χ1v) is 10.1. The van der Waals surface area contributed by atoms with E-state index in [4.69, 9.17) is 0 Å². The van der Waals surface area contributed by atoms with E-state index in [0.717, 1.165) is 18.2 Å². The Morgan fingerprint density at radius 3 is 2.15 bits per heavy atom. The van der Waals surface area contributed by atoms with Gasteiger partial charge in [-0.05, 0) is 30.5 Å². The first-order valence-electron chi connectivity index (χ1n) is 6.51. The summed E-state index contributed by atoms with van der Waals surface area (Å²) in [5.41, 5.74) is 0.899. The highest BCUT2D eigenvalue weighted by Crippen LogP contribution is 2.10. The van der Waals surface area contributed by atoms with Crippen LogP contribution >= 0.6 is 0 Å². The highest BCUT2D eigenvalue weighted by atomic mass is 32.2. The van der Waals surface area contributed by atoms with Crippen LogP contribution in [0.1, 0.15) is 25.3 Å². The third-order valence-corrected chi connectivity index (χ3v) is 5.45. The summed E-state index contributed by atoms with van der Waals surface area (Å²) in [6.07, 6.45) is 3.19. The quantitative estimate of drug-likeness (QED) is 0.784. The Bertz CT molecular complexity index is 619. The lowest BCUT2D eigenvalue weighted by atomic mass is 10.2. The Labute approximate surface area is 121 Å². The van der Waals surface area contributed by atoms with E-state index in [0.29, 0.717) is 19.4 Å². The van der Waals surface area contributed by atoms with Crippen molar-refractivity contribution in [1.82, 2.24) is 4.72 Å². The molecule has 0 aliphatic heterocycles. The second-order valence-corrected chi connectivity index (χ2v) is 8.68. The van der Waals surface area contributed by atoms with Gasteiger partial charge < -0.3 is 0 Å². The number of unbranched alkanes of at least 4 members (excludes halogenated alkanes) is 1. The summed E-state index contributed by atoms with van der Waals surface area (Å²) in [5.74, 6) is 0.149. The number of hydrogen-bond acceptors (Lipinski definition) is 4. The van der Waals surface area contributed by atoms with Crippen molar-refractivity contribution in [3.63, 3.8) is 0 Å².